The minimum Gasteiger partial charge on any atom is -0.375 e. The van der Waals surface area contributed by atoms with Gasteiger partial charge in [-0.3, -0.25) is 9.59 Å². The molecule has 1 aromatic rings. The fraction of sp³-hybridized carbons (Fsp3) is 0.737. The van der Waals surface area contributed by atoms with Gasteiger partial charge >= 0.3 is 0 Å². The van der Waals surface area contributed by atoms with E-state index in [1.807, 2.05) is 16.7 Å². The lowest BCUT2D eigenvalue weighted by Crippen LogP contribution is -2.52. The molecule has 2 amide bonds. The van der Waals surface area contributed by atoms with Crippen molar-refractivity contribution in [2.45, 2.75) is 69.7 Å². The molecule has 7 heteroatoms. The number of carbonyl (C=O) groups is 2. The third kappa shape index (κ3) is 2.47. The molecule has 3 fully saturated rings. The summed E-state index contributed by atoms with van der Waals surface area (Å²) in [5.41, 5.74) is 0.418. The molecule has 3 atom stereocenters. The number of piperazine rings is 1. The first-order chi connectivity index (χ1) is 12.5. The van der Waals surface area contributed by atoms with E-state index < -0.39 is 0 Å². The molecular formula is C19H26N4O3. The second kappa shape index (κ2) is 5.81. The van der Waals surface area contributed by atoms with Crippen LogP contribution in [0.4, 0.5) is 0 Å². The van der Waals surface area contributed by atoms with Gasteiger partial charge in [-0.05, 0) is 32.6 Å². The summed E-state index contributed by atoms with van der Waals surface area (Å²) in [6, 6.07) is 0.295. The molecule has 0 N–H and O–H groups in total. The summed E-state index contributed by atoms with van der Waals surface area (Å²) in [5.74, 6) is 1.29. The highest BCUT2D eigenvalue weighted by molar-refractivity contribution is 5.93. The van der Waals surface area contributed by atoms with Gasteiger partial charge in [-0.25, -0.2) is 4.98 Å². The van der Waals surface area contributed by atoms with Crippen LogP contribution in [0, 0.1) is 0 Å². The molecule has 1 aromatic heterocycles. The van der Waals surface area contributed by atoms with Crippen molar-refractivity contribution in [3.8, 4) is 0 Å². The van der Waals surface area contributed by atoms with E-state index in [0.717, 1.165) is 56.8 Å². The lowest BCUT2D eigenvalue weighted by Gasteiger charge is -2.35. The van der Waals surface area contributed by atoms with Gasteiger partial charge in [0.2, 0.25) is 5.91 Å². The third-order valence-corrected chi connectivity index (χ3v) is 6.59. The number of imidazole rings is 1. The molecule has 0 spiro atoms. The van der Waals surface area contributed by atoms with Gasteiger partial charge in [0.1, 0.15) is 11.5 Å². The van der Waals surface area contributed by atoms with Crippen molar-refractivity contribution in [3.63, 3.8) is 0 Å². The quantitative estimate of drug-likeness (QED) is 0.815. The number of aromatic nitrogens is 2. The highest BCUT2D eigenvalue weighted by Gasteiger charge is 2.48. The van der Waals surface area contributed by atoms with E-state index in [9.17, 15) is 9.59 Å². The molecule has 140 valence electrons. The molecule has 1 unspecified atom stereocenters. The van der Waals surface area contributed by atoms with Gasteiger partial charge in [-0.15, -0.1) is 0 Å². The molecule has 4 aliphatic rings. The van der Waals surface area contributed by atoms with Crippen LogP contribution in [0.3, 0.4) is 0 Å². The van der Waals surface area contributed by atoms with Gasteiger partial charge in [-0.2, -0.15) is 0 Å². The first-order valence-electron chi connectivity index (χ1n) is 9.83. The smallest absolute Gasteiger partial charge is 0.272 e. The third-order valence-electron chi connectivity index (χ3n) is 6.59. The van der Waals surface area contributed by atoms with E-state index in [0.29, 0.717) is 19.5 Å². The van der Waals surface area contributed by atoms with Gasteiger partial charge in [0, 0.05) is 32.7 Å². The van der Waals surface area contributed by atoms with E-state index in [1.165, 1.54) is 0 Å². The van der Waals surface area contributed by atoms with Crippen LogP contribution in [0.1, 0.15) is 55.3 Å². The average Bonchev–Trinajstić information content (AvgIpc) is 3.39. The van der Waals surface area contributed by atoms with Crippen molar-refractivity contribution in [3.05, 3.63) is 17.7 Å². The highest BCUT2D eigenvalue weighted by atomic mass is 16.5. The summed E-state index contributed by atoms with van der Waals surface area (Å²) in [5, 5.41) is 0. The zero-order valence-electron chi connectivity index (χ0n) is 15.3. The lowest BCUT2D eigenvalue weighted by molar-refractivity contribution is -0.138. The molecule has 7 nitrogen and oxygen atoms in total. The molecule has 0 aromatic carbocycles. The van der Waals surface area contributed by atoms with Crippen molar-refractivity contribution in [2.24, 2.45) is 0 Å². The van der Waals surface area contributed by atoms with Crippen molar-refractivity contribution in [1.29, 1.82) is 0 Å². The number of nitrogens with zero attached hydrogens (tertiary/aromatic N) is 4. The summed E-state index contributed by atoms with van der Waals surface area (Å²) < 4.78 is 7.84. The van der Waals surface area contributed by atoms with Crippen LogP contribution in [0.2, 0.25) is 0 Å². The summed E-state index contributed by atoms with van der Waals surface area (Å²) in [6.07, 6.45) is 7.10. The fourth-order valence-electron chi connectivity index (χ4n) is 5.20. The molecule has 0 saturated carbocycles. The monoisotopic (exact) mass is 358 g/mol. The molecule has 0 aliphatic carbocycles. The Hall–Kier alpha value is -1.89. The standard InChI is InChI=1S/C19H26N4O3/c1-19(5-3-7-26-19)9-17(24)22-11-14-8-13(22)12-23(14)18(25)15-10-20-16-4-2-6-21(15)16/h10,13-14H,2-9,11-12H2,1H3/t13-,14-,19?/m0/s1. The number of amides is 2. The Bertz CT molecular complexity index is 752. The second-order valence-electron chi connectivity index (χ2n) is 8.44. The van der Waals surface area contributed by atoms with Crippen LogP contribution in [-0.4, -0.2) is 68.5 Å². The van der Waals surface area contributed by atoms with E-state index >= 15 is 0 Å². The Morgan fingerprint density at radius 2 is 2.08 bits per heavy atom. The Labute approximate surface area is 153 Å². The molecule has 2 bridgehead atoms. The Kier molecular flexibility index (Phi) is 3.64. The summed E-state index contributed by atoms with van der Waals surface area (Å²) in [6.45, 7) is 5.00. The average molecular weight is 358 g/mol. The number of rotatable bonds is 3. The fourth-order valence-corrected chi connectivity index (χ4v) is 5.20. The predicted molar refractivity (Wildman–Crippen MR) is 93.7 cm³/mol. The van der Waals surface area contributed by atoms with Crippen molar-refractivity contribution in [1.82, 2.24) is 19.4 Å². The zero-order chi connectivity index (χ0) is 17.9. The van der Waals surface area contributed by atoms with E-state index in [1.54, 1.807) is 6.20 Å². The maximum atomic E-state index is 13.0. The van der Waals surface area contributed by atoms with Crippen molar-refractivity contribution in [2.75, 3.05) is 19.7 Å². The minimum atomic E-state index is -0.299. The number of ether oxygens (including phenoxy) is 1. The van der Waals surface area contributed by atoms with Crippen LogP contribution in [-0.2, 0) is 22.5 Å². The molecule has 0 radical (unpaired) electrons. The molecule has 5 heterocycles. The molecular weight excluding hydrogens is 332 g/mol. The normalized spacial score (nSPS) is 32.5. The van der Waals surface area contributed by atoms with Gasteiger partial charge < -0.3 is 19.1 Å². The zero-order valence-corrected chi connectivity index (χ0v) is 15.3. The lowest BCUT2D eigenvalue weighted by atomic mass is 9.97. The maximum absolute atomic E-state index is 13.0. The van der Waals surface area contributed by atoms with Crippen LogP contribution < -0.4 is 0 Å². The first kappa shape index (κ1) is 16.3. The predicted octanol–water partition coefficient (Wildman–Crippen LogP) is 1.21. The van der Waals surface area contributed by atoms with Crippen LogP contribution in [0.15, 0.2) is 6.20 Å². The molecule has 3 saturated heterocycles. The van der Waals surface area contributed by atoms with Crippen molar-refractivity contribution < 1.29 is 14.3 Å². The van der Waals surface area contributed by atoms with E-state index in [-0.39, 0.29) is 29.5 Å². The summed E-state index contributed by atoms with van der Waals surface area (Å²) in [4.78, 5) is 34.1. The SMILES string of the molecule is CC1(CC(=O)N2C[C@@H]3C[C@H]2CN3C(=O)c2cnc3n2CCC3)CCCO1. The number of hydrogen-bond acceptors (Lipinski definition) is 4. The van der Waals surface area contributed by atoms with Gasteiger partial charge in [0.25, 0.3) is 5.91 Å². The van der Waals surface area contributed by atoms with Crippen LogP contribution in [0.25, 0.3) is 0 Å². The molecule has 4 aliphatic heterocycles. The number of aryl methyl sites for hydroxylation is 1. The number of carbonyl (C=O) groups excluding carboxylic acids is 2. The number of fused-ring (bicyclic) bond motifs is 3. The molecule has 5 rings (SSSR count). The van der Waals surface area contributed by atoms with Gasteiger partial charge in [0.05, 0.1) is 30.3 Å². The number of hydrogen-bond donors (Lipinski definition) is 0. The van der Waals surface area contributed by atoms with E-state index in [2.05, 4.69) is 9.55 Å². The Morgan fingerprint density at radius 3 is 2.81 bits per heavy atom. The second-order valence-corrected chi connectivity index (χ2v) is 8.44. The number of likely N-dealkylation sites (tertiary alicyclic amines) is 2. The highest BCUT2D eigenvalue weighted by Crippen LogP contribution is 2.35. The minimum absolute atomic E-state index is 0.0799. The van der Waals surface area contributed by atoms with E-state index in [4.69, 9.17) is 4.74 Å². The topological polar surface area (TPSA) is 67.7 Å². The largest absolute Gasteiger partial charge is 0.375 e. The van der Waals surface area contributed by atoms with Crippen LogP contribution in [0.5, 0.6) is 0 Å². The Morgan fingerprint density at radius 1 is 1.27 bits per heavy atom. The summed E-state index contributed by atoms with van der Waals surface area (Å²) in [7, 11) is 0. The van der Waals surface area contributed by atoms with Crippen molar-refractivity contribution >= 4 is 11.8 Å². The first-order valence-corrected chi connectivity index (χ1v) is 9.83. The van der Waals surface area contributed by atoms with Gasteiger partial charge in [-0.1, -0.05) is 0 Å². The van der Waals surface area contributed by atoms with Gasteiger partial charge in [0.15, 0.2) is 0 Å². The molecule has 26 heavy (non-hydrogen) atoms. The van der Waals surface area contributed by atoms with Crippen LogP contribution >= 0.6 is 0 Å². The Balaban J connectivity index is 1.25. The summed E-state index contributed by atoms with van der Waals surface area (Å²) >= 11 is 0. The maximum Gasteiger partial charge on any atom is 0.272 e.